The number of carbonyl (C=O) groups is 1. The molecule has 7 nitrogen and oxygen atoms in total. The van der Waals surface area contributed by atoms with E-state index >= 15 is 0 Å². The number of rotatable bonds is 6. The standard InChI is InChI=1S/C23H30N4O3/c1-15(2)30-12-11-26(3)23(29)17-9-10-18-19(13-17)27-20(22(28)25-18)14-24-21(27)16-7-5-4-6-8-16/h9-10,13-16H,4-8,11-12H2,1-3H3,(H,25,28). The molecule has 2 aromatic heterocycles. The van der Waals surface area contributed by atoms with Crippen LogP contribution in [0.3, 0.4) is 0 Å². The molecule has 1 fully saturated rings. The minimum atomic E-state index is -0.154. The van der Waals surface area contributed by atoms with E-state index in [4.69, 9.17) is 4.74 Å². The maximum atomic E-state index is 13.0. The van der Waals surface area contributed by atoms with E-state index in [0.717, 1.165) is 24.2 Å². The lowest BCUT2D eigenvalue weighted by molar-refractivity contribution is 0.0532. The van der Waals surface area contributed by atoms with Crippen molar-refractivity contribution < 1.29 is 9.53 Å². The van der Waals surface area contributed by atoms with Gasteiger partial charge in [0, 0.05) is 25.1 Å². The molecule has 3 aromatic rings. The summed E-state index contributed by atoms with van der Waals surface area (Å²) < 4.78 is 7.53. The van der Waals surface area contributed by atoms with Crippen molar-refractivity contribution in [3.05, 3.63) is 46.1 Å². The normalized spacial score (nSPS) is 15.3. The van der Waals surface area contributed by atoms with E-state index in [1.54, 1.807) is 24.2 Å². The maximum Gasteiger partial charge on any atom is 0.274 e. The van der Waals surface area contributed by atoms with Crippen molar-refractivity contribution in [2.45, 2.75) is 58.0 Å². The van der Waals surface area contributed by atoms with E-state index in [9.17, 15) is 9.59 Å². The van der Waals surface area contributed by atoms with E-state index in [1.165, 1.54) is 19.3 Å². The smallest absolute Gasteiger partial charge is 0.274 e. The number of hydrogen-bond donors (Lipinski definition) is 1. The van der Waals surface area contributed by atoms with E-state index < -0.39 is 0 Å². The van der Waals surface area contributed by atoms with Crippen LogP contribution >= 0.6 is 0 Å². The number of nitrogens with one attached hydrogen (secondary N) is 1. The molecule has 0 aliphatic heterocycles. The molecule has 1 amide bonds. The average molecular weight is 411 g/mol. The Bertz CT molecular complexity index is 1110. The van der Waals surface area contributed by atoms with Gasteiger partial charge in [0.2, 0.25) is 0 Å². The number of H-pyrrole nitrogens is 1. The third kappa shape index (κ3) is 3.99. The zero-order chi connectivity index (χ0) is 21.3. The molecule has 0 spiro atoms. The first kappa shape index (κ1) is 20.6. The molecule has 1 N–H and O–H groups in total. The van der Waals surface area contributed by atoms with Crippen LogP contribution in [-0.4, -0.2) is 51.5 Å². The molecule has 0 unspecified atom stereocenters. The number of aromatic amines is 1. The van der Waals surface area contributed by atoms with E-state index in [0.29, 0.717) is 35.7 Å². The Kier molecular flexibility index (Phi) is 5.90. The van der Waals surface area contributed by atoms with Crippen molar-refractivity contribution in [3.63, 3.8) is 0 Å². The van der Waals surface area contributed by atoms with Gasteiger partial charge in [-0.1, -0.05) is 19.3 Å². The SMILES string of the molecule is CC(C)OCCN(C)C(=O)c1ccc2[nH]c(=O)c3cnc(C4CCCCC4)n3c2c1. The summed E-state index contributed by atoms with van der Waals surface area (Å²) in [6, 6.07) is 5.45. The molecular formula is C23H30N4O3. The van der Waals surface area contributed by atoms with E-state index in [1.807, 2.05) is 30.4 Å². The first-order valence-corrected chi connectivity index (χ1v) is 10.9. The molecule has 2 heterocycles. The van der Waals surface area contributed by atoms with Gasteiger partial charge in [-0.2, -0.15) is 0 Å². The van der Waals surface area contributed by atoms with Crippen LogP contribution in [0.2, 0.25) is 0 Å². The number of likely N-dealkylation sites (N-methyl/N-ethyl adjacent to an activating group) is 1. The number of carbonyl (C=O) groups excluding carboxylic acids is 1. The summed E-state index contributed by atoms with van der Waals surface area (Å²) >= 11 is 0. The fourth-order valence-corrected chi connectivity index (χ4v) is 4.32. The molecule has 1 aliphatic carbocycles. The number of benzene rings is 1. The van der Waals surface area contributed by atoms with Crippen LogP contribution in [0.5, 0.6) is 0 Å². The lowest BCUT2D eigenvalue weighted by Gasteiger charge is -2.21. The molecule has 0 saturated heterocycles. The van der Waals surface area contributed by atoms with Crippen molar-refractivity contribution >= 4 is 22.5 Å². The second-order valence-electron chi connectivity index (χ2n) is 8.50. The second kappa shape index (κ2) is 8.60. The van der Waals surface area contributed by atoms with Gasteiger partial charge < -0.3 is 14.6 Å². The summed E-state index contributed by atoms with van der Waals surface area (Å²) in [7, 11) is 1.78. The van der Waals surface area contributed by atoms with Crippen LogP contribution in [0.25, 0.3) is 16.6 Å². The van der Waals surface area contributed by atoms with Gasteiger partial charge in [0.05, 0.1) is 29.9 Å². The molecule has 0 bridgehead atoms. The van der Waals surface area contributed by atoms with Crippen molar-refractivity contribution in [2.24, 2.45) is 0 Å². The van der Waals surface area contributed by atoms with Gasteiger partial charge in [-0.05, 0) is 44.9 Å². The predicted octanol–water partition coefficient (Wildman–Crippen LogP) is 3.72. The number of nitrogens with zero attached hydrogens (tertiary/aromatic N) is 3. The highest BCUT2D eigenvalue weighted by molar-refractivity contribution is 5.97. The predicted molar refractivity (Wildman–Crippen MR) is 117 cm³/mol. The monoisotopic (exact) mass is 410 g/mol. The Morgan fingerprint density at radius 2 is 2.03 bits per heavy atom. The number of aromatic nitrogens is 3. The van der Waals surface area contributed by atoms with Crippen LogP contribution in [0.15, 0.2) is 29.2 Å². The maximum absolute atomic E-state index is 13.0. The molecule has 1 aromatic carbocycles. The molecular weight excluding hydrogens is 380 g/mol. The third-order valence-electron chi connectivity index (χ3n) is 5.95. The molecule has 160 valence electrons. The van der Waals surface area contributed by atoms with Gasteiger partial charge >= 0.3 is 0 Å². The Morgan fingerprint density at radius 3 is 2.77 bits per heavy atom. The van der Waals surface area contributed by atoms with E-state index in [2.05, 4.69) is 9.97 Å². The fourth-order valence-electron chi connectivity index (χ4n) is 4.32. The lowest BCUT2D eigenvalue weighted by atomic mass is 9.88. The van der Waals surface area contributed by atoms with Gasteiger partial charge in [0.15, 0.2) is 0 Å². The Balaban J connectivity index is 1.73. The Labute approximate surface area is 176 Å². The molecule has 7 heteroatoms. The van der Waals surface area contributed by atoms with Crippen LogP contribution in [-0.2, 0) is 4.74 Å². The lowest BCUT2D eigenvalue weighted by Crippen LogP contribution is -2.30. The Morgan fingerprint density at radius 1 is 1.27 bits per heavy atom. The van der Waals surface area contributed by atoms with Gasteiger partial charge in [-0.15, -0.1) is 0 Å². The summed E-state index contributed by atoms with van der Waals surface area (Å²) in [5, 5.41) is 0. The number of imidazole rings is 1. The van der Waals surface area contributed by atoms with Crippen molar-refractivity contribution in [1.82, 2.24) is 19.3 Å². The second-order valence-corrected chi connectivity index (χ2v) is 8.50. The van der Waals surface area contributed by atoms with Crippen molar-refractivity contribution in [2.75, 3.05) is 20.2 Å². The highest BCUT2D eigenvalue weighted by Gasteiger charge is 2.22. The minimum Gasteiger partial charge on any atom is -0.377 e. The summed E-state index contributed by atoms with van der Waals surface area (Å²) in [5.74, 6) is 1.22. The zero-order valence-electron chi connectivity index (χ0n) is 18.0. The highest BCUT2D eigenvalue weighted by Crippen LogP contribution is 2.33. The summed E-state index contributed by atoms with van der Waals surface area (Å²) in [6.07, 6.45) is 7.61. The number of amides is 1. The van der Waals surface area contributed by atoms with Crippen LogP contribution in [0.1, 0.15) is 68.1 Å². The first-order valence-electron chi connectivity index (χ1n) is 10.9. The quantitative estimate of drug-likeness (QED) is 0.672. The number of fused-ring (bicyclic) bond motifs is 3. The molecule has 0 radical (unpaired) electrons. The number of hydrogen-bond acceptors (Lipinski definition) is 4. The largest absolute Gasteiger partial charge is 0.377 e. The van der Waals surface area contributed by atoms with Crippen molar-refractivity contribution in [1.29, 1.82) is 0 Å². The summed E-state index contributed by atoms with van der Waals surface area (Å²) in [6.45, 7) is 4.98. The minimum absolute atomic E-state index is 0.0667. The molecule has 0 atom stereocenters. The molecule has 4 rings (SSSR count). The van der Waals surface area contributed by atoms with Gasteiger partial charge in [-0.3, -0.25) is 14.0 Å². The summed E-state index contributed by atoms with van der Waals surface area (Å²) in [4.78, 5) is 34.8. The molecule has 1 saturated carbocycles. The molecule has 1 aliphatic rings. The van der Waals surface area contributed by atoms with Gasteiger partial charge in [0.1, 0.15) is 11.3 Å². The van der Waals surface area contributed by atoms with Crippen LogP contribution in [0, 0.1) is 0 Å². The zero-order valence-corrected chi connectivity index (χ0v) is 18.0. The fraction of sp³-hybridized carbons (Fsp3) is 0.522. The van der Waals surface area contributed by atoms with E-state index in [-0.39, 0.29) is 17.6 Å². The van der Waals surface area contributed by atoms with Crippen LogP contribution in [0.4, 0.5) is 0 Å². The van der Waals surface area contributed by atoms with Gasteiger partial charge in [-0.25, -0.2) is 4.98 Å². The highest BCUT2D eigenvalue weighted by atomic mass is 16.5. The van der Waals surface area contributed by atoms with Crippen LogP contribution < -0.4 is 5.56 Å². The topological polar surface area (TPSA) is 79.7 Å². The van der Waals surface area contributed by atoms with Gasteiger partial charge in [0.25, 0.3) is 11.5 Å². The Hall–Kier alpha value is -2.67. The van der Waals surface area contributed by atoms with Crippen molar-refractivity contribution in [3.8, 4) is 0 Å². The third-order valence-corrected chi connectivity index (χ3v) is 5.95. The average Bonchev–Trinajstić information content (AvgIpc) is 3.19. The summed E-state index contributed by atoms with van der Waals surface area (Å²) in [5.41, 5.74) is 2.50. The molecule has 30 heavy (non-hydrogen) atoms. The number of ether oxygens (including phenoxy) is 1. The first-order chi connectivity index (χ1) is 14.5.